The van der Waals surface area contributed by atoms with E-state index in [-0.39, 0.29) is 29.5 Å². The lowest BCUT2D eigenvalue weighted by molar-refractivity contribution is -0.140. The van der Waals surface area contributed by atoms with Crippen molar-refractivity contribution in [2.45, 2.75) is 37.2 Å². The number of sulfonamides is 1. The number of hydrogen-bond donors (Lipinski definition) is 1. The molecule has 7 nitrogen and oxygen atoms in total. The first-order chi connectivity index (χ1) is 21.1. The van der Waals surface area contributed by atoms with Gasteiger partial charge in [0.25, 0.3) is 10.0 Å². The van der Waals surface area contributed by atoms with Crippen LogP contribution in [0.4, 0.5) is 5.69 Å². The van der Waals surface area contributed by atoms with Gasteiger partial charge in [0.05, 0.1) is 20.6 Å². The van der Waals surface area contributed by atoms with Gasteiger partial charge in [0.2, 0.25) is 11.8 Å². The zero-order valence-electron chi connectivity index (χ0n) is 24.0. The van der Waals surface area contributed by atoms with Gasteiger partial charge >= 0.3 is 0 Å². The summed E-state index contributed by atoms with van der Waals surface area (Å²) in [5.74, 6) is -0.951. The predicted molar refractivity (Wildman–Crippen MR) is 177 cm³/mol. The Morgan fingerprint density at radius 2 is 1.48 bits per heavy atom. The fraction of sp³-hybridized carbons (Fsp3) is 0.212. The van der Waals surface area contributed by atoms with E-state index in [2.05, 4.69) is 5.32 Å². The quantitative estimate of drug-likeness (QED) is 0.166. The molecule has 0 bridgehead atoms. The molecule has 0 aromatic heterocycles. The van der Waals surface area contributed by atoms with Crippen LogP contribution in [0.3, 0.4) is 0 Å². The third kappa shape index (κ3) is 8.54. The number of rotatable bonds is 13. The van der Waals surface area contributed by atoms with Crippen LogP contribution in [0, 0.1) is 0 Å². The normalized spacial score (nSPS) is 11.9. The Hall–Kier alpha value is -3.56. The van der Waals surface area contributed by atoms with E-state index in [1.807, 2.05) is 37.3 Å². The fourth-order valence-corrected chi connectivity index (χ4v) is 6.57. The molecule has 4 rings (SSSR count). The Morgan fingerprint density at radius 3 is 2.11 bits per heavy atom. The van der Waals surface area contributed by atoms with E-state index in [9.17, 15) is 18.0 Å². The second-order valence-electron chi connectivity index (χ2n) is 10.1. The number of benzene rings is 4. The zero-order chi connectivity index (χ0) is 31.7. The highest BCUT2D eigenvalue weighted by Gasteiger charge is 2.34. The molecule has 44 heavy (non-hydrogen) atoms. The monoisotopic (exact) mass is 671 g/mol. The first-order valence-corrected chi connectivity index (χ1v) is 16.6. The highest BCUT2D eigenvalue weighted by molar-refractivity contribution is 7.92. The van der Waals surface area contributed by atoms with Crippen LogP contribution in [0.1, 0.15) is 24.5 Å². The topological polar surface area (TPSA) is 86.8 Å². The molecule has 0 saturated carbocycles. The van der Waals surface area contributed by atoms with E-state index in [4.69, 9.17) is 34.8 Å². The van der Waals surface area contributed by atoms with Gasteiger partial charge in [0.1, 0.15) is 12.6 Å². The van der Waals surface area contributed by atoms with Gasteiger partial charge in [0.15, 0.2) is 0 Å². The third-order valence-corrected chi connectivity index (χ3v) is 9.63. The van der Waals surface area contributed by atoms with Gasteiger partial charge in [-0.1, -0.05) is 102 Å². The van der Waals surface area contributed by atoms with Crippen LogP contribution in [0.25, 0.3) is 0 Å². The molecule has 0 heterocycles. The van der Waals surface area contributed by atoms with E-state index in [1.165, 1.54) is 23.1 Å². The summed E-state index contributed by atoms with van der Waals surface area (Å²) < 4.78 is 29.0. The average molecular weight is 673 g/mol. The summed E-state index contributed by atoms with van der Waals surface area (Å²) >= 11 is 18.7. The van der Waals surface area contributed by atoms with E-state index >= 15 is 0 Å². The van der Waals surface area contributed by atoms with Gasteiger partial charge < -0.3 is 10.2 Å². The fourth-order valence-electron chi connectivity index (χ4n) is 4.63. The largest absolute Gasteiger partial charge is 0.354 e. The molecule has 0 unspecified atom stereocenters. The molecule has 230 valence electrons. The number of halogens is 3. The minimum absolute atomic E-state index is 0.00494. The van der Waals surface area contributed by atoms with Crippen molar-refractivity contribution in [1.29, 1.82) is 0 Å². The van der Waals surface area contributed by atoms with E-state index < -0.39 is 28.5 Å². The zero-order valence-corrected chi connectivity index (χ0v) is 27.1. The van der Waals surface area contributed by atoms with Crippen LogP contribution in [0.2, 0.25) is 15.1 Å². The summed E-state index contributed by atoms with van der Waals surface area (Å²) in [4.78, 5) is 29.5. The molecule has 11 heteroatoms. The second-order valence-corrected chi connectivity index (χ2v) is 13.2. The third-order valence-electron chi connectivity index (χ3n) is 6.86. The lowest BCUT2D eigenvalue weighted by Crippen LogP contribution is -2.53. The van der Waals surface area contributed by atoms with Crippen molar-refractivity contribution in [2.75, 3.05) is 17.4 Å². The van der Waals surface area contributed by atoms with Crippen molar-refractivity contribution in [3.63, 3.8) is 0 Å². The number of carbonyl (C=O) groups excluding carboxylic acids is 2. The molecule has 1 atom stereocenters. The highest BCUT2D eigenvalue weighted by atomic mass is 35.5. The molecule has 0 aliphatic carbocycles. The maximum Gasteiger partial charge on any atom is 0.264 e. The van der Waals surface area contributed by atoms with Crippen LogP contribution >= 0.6 is 34.8 Å². The van der Waals surface area contributed by atoms with E-state index in [0.29, 0.717) is 33.6 Å². The molecule has 0 saturated heterocycles. The number of hydrogen-bond acceptors (Lipinski definition) is 4. The molecule has 4 aromatic rings. The van der Waals surface area contributed by atoms with E-state index in [1.54, 1.807) is 54.6 Å². The maximum atomic E-state index is 14.4. The van der Waals surface area contributed by atoms with Crippen molar-refractivity contribution in [1.82, 2.24) is 10.2 Å². The summed E-state index contributed by atoms with van der Waals surface area (Å²) in [5, 5.41) is 3.85. The van der Waals surface area contributed by atoms with E-state index in [0.717, 1.165) is 9.87 Å². The van der Waals surface area contributed by atoms with Crippen LogP contribution in [-0.4, -0.2) is 44.3 Å². The molecular formula is C33H32Cl3N3O4S. The van der Waals surface area contributed by atoms with Crippen molar-refractivity contribution >= 4 is 62.3 Å². The number of nitrogens with one attached hydrogen (secondary N) is 1. The summed E-state index contributed by atoms with van der Waals surface area (Å²) in [6, 6.07) is 27.4. The first-order valence-electron chi connectivity index (χ1n) is 14.0. The van der Waals surface area contributed by atoms with Crippen LogP contribution in [0.5, 0.6) is 0 Å². The van der Waals surface area contributed by atoms with Gasteiger partial charge in [-0.05, 0) is 60.0 Å². The summed E-state index contributed by atoms with van der Waals surface area (Å²) in [5.41, 5.74) is 1.66. The lowest BCUT2D eigenvalue weighted by atomic mass is 10.0. The first kappa shape index (κ1) is 33.3. The maximum absolute atomic E-state index is 14.4. The molecular weight excluding hydrogens is 641 g/mol. The van der Waals surface area contributed by atoms with Crippen molar-refractivity contribution in [3.05, 3.63) is 129 Å². The Balaban J connectivity index is 1.80. The van der Waals surface area contributed by atoms with Crippen molar-refractivity contribution in [3.8, 4) is 0 Å². The van der Waals surface area contributed by atoms with Crippen LogP contribution in [0.15, 0.2) is 108 Å². The molecule has 0 spiro atoms. The lowest BCUT2D eigenvalue weighted by Gasteiger charge is -2.34. The minimum atomic E-state index is -4.22. The summed E-state index contributed by atoms with van der Waals surface area (Å²) in [6.45, 7) is 1.73. The number of amides is 2. The standard InChI is InChI=1S/C33H32Cl3N3O4S/c1-2-18-37-33(41)31(20-24-10-5-3-6-11-24)38(22-25-16-17-29(35)30(36)19-25)32(40)23-39(27-13-9-12-26(34)21-27)44(42,43)28-14-7-4-8-15-28/h3-17,19,21,31H,2,18,20,22-23H2,1H3,(H,37,41)/t31-/m0/s1. The Kier molecular flexibility index (Phi) is 11.7. The molecule has 1 N–H and O–H groups in total. The molecule has 2 amide bonds. The van der Waals surface area contributed by atoms with Gasteiger partial charge in [-0.2, -0.15) is 0 Å². The van der Waals surface area contributed by atoms with Crippen LogP contribution in [-0.2, 0) is 32.6 Å². The van der Waals surface area contributed by atoms with Gasteiger partial charge in [0, 0.05) is 24.5 Å². The Bertz CT molecular complexity index is 1690. The Labute approximate surface area is 273 Å². The highest BCUT2D eigenvalue weighted by Crippen LogP contribution is 2.28. The van der Waals surface area contributed by atoms with Gasteiger partial charge in [-0.25, -0.2) is 8.42 Å². The minimum Gasteiger partial charge on any atom is -0.354 e. The molecule has 0 aliphatic rings. The SMILES string of the molecule is CCCNC(=O)[C@H](Cc1ccccc1)N(Cc1ccc(Cl)c(Cl)c1)C(=O)CN(c1cccc(Cl)c1)S(=O)(=O)c1ccccc1. The van der Waals surface area contributed by atoms with Crippen LogP contribution < -0.4 is 9.62 Å². The number of anilines is 1. The molecule has 0 radical (unpaired) electrons. The Morgan fingerprint density at radius 1 is 0.795 bits per heavy atom. The smallest absolute Gasteiger partial charge is 0.264 e. The molecule has 0 fully saturated rings. The number of nitrogens with zero attached hydrogens (tertiary/aromatic N) is 2. The van der Waals surface area contributed by atoms with Gasteiger partial charge in [-0.15, -0.1) is 0 Å². The second kappa shape index (κ2) is 15.4. The average Bonchev–Trinajstić information content (AvgIpc) is 3.02. The molecule has 0 aliphatic heterocycles. The van der Waals surface area contributed by atoms with Crippen molar-refractivity contribution in [2.24, 2.45) is 0 Å². The van der Waals surface area contributed by atoms with Crippen molar-refractivity contribution < 1.29 is 18.0 Å². The number of carbonyl (C=O) groups is 2. The van der Waals surface area contributed by atoms with Gasteiger partial charge in [-0.3, -0.25) is 13.9 Å². The summed E-state index contributed by atoms with van der Waals surface area (Å²) in [6.07, 6.45) is 0.897. The summed E-state index contributed by atoms with van der Waals surface area (Å²) in [7, 11) is -4.22. The predicted octanol–water partition coefficient (Wildman–Crippen LogP) is 7.01. The molecule has 4 aromatic carbocycles.